The molecule has 2 aromatic heterocycles. The highest BCUT2D eigenvalue weighted by molar-refractivity contribution is 5.90. The molecule has 134 valence electrons. The van der Waals surface area contributed by atoms with Crippen LogP contribution >= 0.6 is 0 Å². The summed E-state index contributed by atoms with van der Waals surface area (Å²) in [5, 5.41) is 9.99. The number of carbonyl (C=O) groups excluding carboxylic acids is 1. The van der Waals surface area contributed by atoms with Crippen molar-refractivity contribution < 1.29 is 22.4 Å². The summed E-state index contributed by atoms with van der Waals surface area (Å²) in [5.74, 6) is -0.817. The van der Waals surface area contributed by atoms with E-state index in [4.69, 9.17) is 4.42 Å². The van der Waals surface area contributed by atoms with Crippen molar-refractivity contribution in [1.29, 1.82) is 0 Å². The second-order valence-electron chi connectivity index (χ2n) is 5.47. The summed E-state index contributed by atoms with van der Waals surface area (Å²) in [5.41, 5.74) is 0.119. The van der Waals surface area contributed by atoms with Crippen molar-refractivity contribution >= 4 is 5.91 Å². The van der Waals surface area contributed by atoms with Gasteiger partial charge in [-0.1, -0.05) is 12.1 Å². The Morgan fingerprint density at radius 2 is 1.88 bits per heavy atom. The van der Waals surface area contributed by atoms with Gasteiger partial charge in [-0.2, -0.15) is 13.2 Å². The van der Waals surface area contributed by atoms with Crippen molar-refractivity contribution in [2.24, 2.45) is 0 Å². The van der Waals surface area contributed by atoms with Gasteiger partial charge < -0.3 is 9.73 Å². The fourth-order valence-electron chi connectivity index (χ4n) is 2.25. The van der Waals surface area contributed by atoms with Gasteiger partial charge in [0.15, 0.2) is 0 Å². The summed E-state index contributed by atoms with van der Waals surface area (Å²) in [4.78, 5) is 16.1. The average Bonchev–Trinajstić information content (AvgIpc) is 3.12. The van der Waals surface area contributed by atoms with Gasteiger partial charge in [-0.25, -0.2) is 0 Å². The molecule has 3 aromatic rings. The fraction of sp³-hybridized carbons (Fsp3) is 0.176. The molecule has 0 aliphatic rings. The second-order valence-corrected chi connectivity index (χ2v) is 5.47. The third-order valence-corrected chi connectivity index (χ3v) is 3.61. The minimum atomic E-state index is -4.45. The van der Waals surface area contributed by atoms with Crippen molar-refractivity contribution in [1.82, 2.24) is 20.5 Å². The standard InChI is InChI=1S/C17H13F3N4O2/c1-10(12-3-2-4-13(9-12)17(18,19)20)22-14(25)16-24-23-15(26-16)11-5-7-21-8-6-11/h2-10H,1H3,(H,22,25)/t10-/m1/s1. The van der Waals surface area contributed by atoms with Crippen LogP contribution in [-0.2, 0) is 6.18 Å². The maximum atomic E-state index is 12.8. The lowest BCUT2D eigenvalue weighted by molar-refractivity contribution is -0.137. The number of nitrogens with one attached hydrogen (secondary N) is 1. The molecule has 0 fully saturated rings. The number of hydrogen-bond acceptors (Lipinski definition) is 5. The number of rotatable bonds is 4. The zero-order valence-corrected chi connectivity index (χ0v) is 13.5. The molecule has 1 aromatic carbocycles. The van der Waals surface area contributed by atoms with Gasteiger partial charge >= 0.3 is 18.0 Å². The van der Waals surface area contributed by atoms with E-state index < -0.39 is 23.7 Å². The van der Waals surface area contributed by atoms with E-state index in [0.717, 1.165) is 12.1 Å². The summed E-state index contributed by atoms with van der Waals surface area (Å²) in [7, 11) is 0. The van der Waals surface area contributed by atoms with Gasteiger partial charge in [-0.05, 0) is 36.8 Å². The van der Waals surface area contributed by atoms with E-state index in [1.807, 2.05) is 0 Å². The van der Waals surface area contributed by atoms with E-state index in [1.54, 1.807) is 19.1 Å². The van der Waals surface area contributed by atoms with Crippen LogP contribution in [0.5, 0.6) is 0 Å². The molecule has 0 saturated carbocycles. The zero-order chi connectivity index (χ0) is 18.7. The highest BCUT2D eigenvalue weighted by atomic mass is 19.4. The van der Waals surface area contributed by atoms with Gasteiger partial charge in [-0.15, -0.1) is 10.2 Å². The van der Waals surface area contributed by atoms with E-state index in [2.05, 4.69) is 20.5 Å². The van der Waals surface area contributed by atoms with Gasteiger partial charge in [-0.3, -0.25) is 9.78 Å². The monoisotopic (exact) mass is 362 g/mol. The summed E-state index contributed by atoms with van der Waals surface area (Å²) < 4.78 is 43.7. The first-order valence-electron chi connectivity index (χ1n) is 7.56. The van der Waals surface area contributed by atoms with Crippen LogP contribution in [0.1, 0.15) is 34.8 Å². The number of amides is 1. The molecule has 0 radical (unpaired) electrons. The summed E-state index contributed by atoms with van der Waals surface area (Å²) in [6.07, 6.45) is -1.38. The molecule has 2 heterocycles. The van der Waals surface area contributed by atoms with Crippen LogP contribution in [0.3, 0.4) is 0 Å². The Morgan fingerprint density at radius 3 is 2.58 bits per heavy atom. The van der Waals surface area contributed by atoms with Crippen LogP contribution < -0.4 is 5.32 Å². The molecular weight excluding hydrogens is 349 g/mol. The quantitative estimate of drug-likeness (QED) is 0.766. The van der Waals surface area contributed by atoms with Crippen LogP contribution in [0.25, 0.3) is 11.5 Å². The molecule has 9 heteroatoms. The molecule has 1 atom stereocenters. The summed E-state index contributed by atoms with van der Waals surface area (Å²) in [6, 6.07) is 7.34. The third kappa shape index (κ3) is 3.88. The first-order valence-corrected chi connectivity index (χ1v) is 7.56. The Kier molecular flexibility index (Phi) is 4.70. The topological polar surface area (TPSA) is 80.9 Å². The number of carbonyl (C=O) groups is 1. The molecule has 26 heavy (non-hydrogen) atoms. The lowest BCUT2D eigenvalue weighted by Crippen LogP contribution is -2.27. The molecular formula is C17H13F3N4O2. The predicted octanol–water partition coefficient (Wildman–Crippen LogP) is 3.64. The number of hydrogen-bond donors (Lipinski definition) is 1. The first-order chi connectivity index (χ1) is 12.3. The Hall–Kier alpha value is -3.23. The second kappa shape index (κ2) is 6.95. The number of benzene rings is 1. The van der Waals surface area contributed by atoms with Gasteiger partial charge in [0.2, 0.25) is 5.89 Å². The molecule has 6 nitrogen and oxygen atoms in total. The highest BCUT2D eigenvalue weighted by Crippen LogP contribution is 2.30. The van der Waals surface area contributed by atoms with Crippen LogP contribution in [-0.4, -0.2) is 21.1 Å². The lowest BCUT2D eigenvalue weighted by Gasteiger charge is -2.15. The molecule has 3 rings (SSSR count). The van der Waals surface area contributed by atoms with Gasteiger partial charge in [0, 0.05) is 18.0 Å². The Bertz CT molecular complexity index is 910. The molecule has 1 N–H and O–H groups in total. The molecule has 0 unspecified atom stereocenters. The van der Waals surface area contributed by atoms with Crippen molar-refractivity contribution in [2.45, 2.75) is 19.1 Å². The highest BCUT2D eigenvalue weighted by Gasteiger charge is 2.31. The van der Waals surface area contributed by atoms with Gasteiger partial charge in [0.1, 0.15) is 0 Å². The smallest absolute Gasteiger partial charge is 0.412 e. The Morgan fingerprint density at radius 1 is 1.15 bits per heavy atom. The van der Waals surface area contributed by atoms with Crippen molar-refractivity contribution in [3.05, 3.63) is 65.8 Å². The normalized spacial score (nSPS) is 12.6. The van der Waals surface area contributed by atoms with Crippen molar-refractivity contribution in [3.8, 4) is 11.5 Å². The van der Waals surface area contributed by atoms with Crippen LogP contribution in [0.4, 0.5) is 13.2 Å². The minimum Gasteiger partial charge on any atom is -0.412 e. The van der Waals surface area contributed by atoms with Crippen molar-refractivity contribution in [2.75, 3.05) is 0 Å². The number of nitrogens with zero attached hydrogens (tertiary/aromatic N) is 3. The number of alkyl halides is 3. The van der Waals surface area contributed by atoms with Crippen LogP contribution in [0.2, 0.25) is 0 Å². The molecule has 0 spiro atoms. The van der Waals surface area contributed by atoms with E-state index >= 15 is 0 Å². The van der Waals surface area contributed by atoms with E-state index in [9.17, 15) is 18.0 Å². The van der Waals surface area contributed by atoms with E-state index in [1.165, 1.54) is 24.5 Å². The zero-order valence-electron chi connectivity index (χ0n) is 13.5. The largest absolute Gasteiger partial charge is 0.416 e. The molecule has 0 bridgehead atoms. The third-order valence-electron chi connectivity index (χ3n) is 3.61. The van der Waals surface area contributed by atoms with Crippen LogP contribution in [0, 0.1) is 0 Å². The molecule has 1 amide bonds. The average molecular weight is 362 g/mol. The number of aromatic nitrogens is 3. The summed E-state index contributed by atoms with van der Waals surface area (Å²) in [6.45, 7) is 1.56. The lowest BCUT2D eigenvalue weighted by atomic mass is 10.0. The Labute approximate surface area is 146 Å². The van der Waals surface area contributed by atoms with Gasteiger partial charge in [0.05, 0.1) is 11.6 Å². The van der Waals surface area contributed by atoms with Crippen molar-refractivity contribution in [3.63, 3.8) is 0 Å². The number of pyridine rings is 1. The van der Waals surface area contributed by atoms with Gasteiger partial charge in [0.25, 0.3) is 0 Å². The molecule has 0 aliphatic heterocycles. The summed E-state index contributed by atoms with van der Waals surface area (Å²) >= 11 is 0. The molecule has 0 aliphatic carbocycles. The van der Waals surface area contributed by atoms with Crippen LogP contribution in [0.15, 0.2) is 53.2 Å². The predicted molar refractivity (Wildman–Crippen MR) is 84.9 cm³/mol. The Balaban J connectivity index is 1.73. The maximum Gasteiger partial charge on any atom is 0.416 e. The SMILES string of the molecule is C[C@@H](NC(=O)c1nnc(-c2ccncc2)o1)c1cccc(C(F)(F)F)c1. The fourth-order valence-corrected chi connectivity index (χ4v) is 2.25. The maximum absolute atomic E-state index is 12.8. The number of halogens is 3. The van der Waals surface area contributed by atoms with E-state index in [0.29, 0.717) is 11.1 Å². The first kappa shape index (κ1) is 17.6. The van der Waals surface area contributed by atoms with E-state index in [-0.39, 0.29) is 11.8 Å². The minimum absolute atomic E-state index is 0.143. The molecule has 0 saturated heterocycles.